The summed E-state index contributed by atoms with van der Waals surface area (Å²) in [5.74, 6) is 0.867. The summed E-state index contributed by atoms with van der Waals surface area (Å²) in [5.41, 5.74) is 2.48. The molecule has 9 heteroatoms. The van der Waals surface area contributed by atoms with Crippen LogP contribution in [-0.2, 0) is 10.0 Å². The first-order valence-corrected chi connectivity index (χ1v) is 11.4. The molecule has 0 aliphatic carbocycles. The molecular formula is C19H36IN5O2S. The van der Waals surface area contributed by atoms with Gasteiger partial charge in [0.05, 0.1) is 5.75 Å². The van der Waals surface area contributed by atoms with Crippen LogP contribution in [0.25, 0.3) is 0 Å². The van der Waals surface area contributed by atoms with Gasteiger partial charge in [-0.15, -0.1) is 24.0 Å². The molecule has 0 radical (unpaired) electrons. The summed E-state index contributed by atoms with van der Waals surface area (Å²) in [4.78, 5) is 6.83. The molecule has 162 valence electrons. The van der Waals surface area contributed by atoms with Crippen molar-refractivity contribution < 1.29 is 8.42 Å². The third-order valence-electron chi connectivity index (χ3n) is 4.07. The van der Waals surface area contributed by atoms with Gasteiger partial charge in [0.2, 0.25) is 10.0 Å². The lowest BCUT2D eigenvalue weighted by atomic mass is 10.2. The molecule has 3 N–H and O–H groups in total. The number of aryl methyl sites for hydroxylation is 1. The van der Waals surface area contributed by atoms with Gasteiger partial charge in [0, 0.05) is 45.0 Å². The maximum absolute atomic E-state index is 11.4. The van der Waals surface area contributed by atoms with Crippen molar-refractivity contribution in [3.63, 3.8) is 0 Å². The fourth-order valence-corrected chi connectivity index (χ4v) is 3.20. The molecule has 0 amide bonds. The van der Waals surface area contributed by atoms with E-state index in [9.17, 15) is 8.42 Å². The van der Waals surface area contributed by atoms with E-state index in [1.54, 1.807) is 6.92 Å². The molecule has 0 atom stereocenters. The Morgan fingerprint density at radius 1 is 1.14 bits per heavy atom. The molecular weight excluding hydrogens is 489 g/mol. The highest BCUT2D eigenvalue weighted by Crippen LogP contribution is 2.14. The lowest BCUT2D eigenvalue weighted by Crippen LogP contribution is -2.41. The van der Waals surface area contributed by atoms with E-state index in [0.29, 0.717) is 19.5 Å². The van der Waals surface area contributed by atoms with Crippen LogP contribution in [0.3, 0.4) is 0 Å². The molecule has 0 unspecified atom stereocenters. The molecule has 0 aliphatic rings. The van der Waals surface area contributed by atoms with Crippen LogP contribution in [0.15, 0.2) is 29.3 Å². The van der Waals surface area contributed by atoms with Gasteiger partial charge in [-0.25, -0.2) is 13.1 Å². The van der Waals surface area contributed by atoms with Crippen molar-refractivity contribution in [3.05, 3.63) is 29.8 Å². The van der Waals surface area contributed by atoms with Crippen molar-refractivity contribution in [3.8, 4) is 0 Å². The Hall–Kier alpha value is -1.07. The number of nitrogens with one attached hydrogen (secondary N) is 3. The Morgan fingerprint density at radius 3 is 2.50 bits per heavy atom. The van der Waals surface area contributed by atoms with E-state index in [1.807, 2.05) is 6.92 Å². The Balaban J connectivity index is 0.00000729. The highest BCUT2D eigenvalue weighted by atomic mass is 127. The van der Waals surface area contributed by atoms with Crippen LogP contribution >= 0.6 is 24.0 Å². The van der Waals surface area contributed by atoms with E-state index < -0.39 is 10.0 Å². The Morgan fingerprint density at radius 2 is 1.89 bits per heavy atom. The number of guanidine groups is 1. The lowest BCUT2D eigenvalue weighted by molar-refractivity contribution is 0.581. The third-order valence-corrected chi connectivity index (χ3v) is 5.48. The summed E-state index contributed by atoms with van der Waals surface area (Å²) in [6, 6.07) is 8.51. The number of likely N-dealkylation sites (N-methyl/N-ethyl adjacent to an activating group) is 1. The van der Waals surface area contributed by atoms with Gasteiger partial charge in [-0.1, -0.05) is 12.1 Å². The van der Waals surface area contributed by atoms with Crippen molar-refractivity contribution in [2.45, 2.75) is 34.1 Å². The van der Waals surface area contributed by atoms with Crippen molar-refractivity contribution >= 4 is 45.6 Å². The number of sulfonamides is 1. The van der Waals surface area contributed by atoms with Crippen LogP contribution in [0, 0.1) is 6.92 Å². The number of aliphatic imine (C=N–C) groups is 1. The number of anilines is 1. The highest BCUT2D eigenvalue weighted by molar-refractivity contribution is 14.0. The summed E-state index contributed by atoms with van der Waals surface area (Å²) >= 11 is 0. The van der Waals surface area contributed by atoms with Gasteiger partial charge in [0.25, 0.3) is 0 Å². The Labute approximate surface area is 187 Å². The van der Waals surface area contributed by atoms with E-state index in [-0.39, 0.29) is 29.7 Å². The Kier molecular flexibility index (Phi) is 14.3. The molecule has 0 spiro atoms. The van der Waals surface area contributed by atoms with Crippen LogP contribution < -0.4 is 20.3 Å². The number of hydrogen-bond acceptors (Lipinski definition) is 4. The first-order valence-electron chi connectivity index (χ1n) is 9.73. The van der Waals surface area contributed by atoms with Crippen molar-refractivity contribution in [2.24, 2.45) is 4.99 Å². The zero-order valence-corrected chi connectivity index (χ0v) is 20.6. The monoisotopic (exact) mass is 525 g/mol. The highest BCUT2D eigenvalue weighted by Gasteiger charge is 2.06. The van der Waals surface area contributed by atoms with Crippen LogP contribution in [0.2, 0.25) is 0 Å². The normalized spacial score (nSPS) is 11.6. The molecule has 0 bridgehead atoms. The van der Waals surface area contributed by atoms with Gasteiger partial charge in [-0.2, -0.15) is 0 Å². The van der Waals surface area contributed by atoms with E-state index in [4.69, 9.17) is 0 Å². The summed E-state index contributed by atoms with van der Waals surface area (Å²) in [7, 11) is -3.12. The molecule has 1 aromatic rings. The fourth-order valence-electron chi connectivity index (χ4n) is 2.55. The molecule has 0 aromatic heterocycles. The number of halogens is 1. The fraction of sp³-hybridized carbons (Fsp3) is 0.632. The molecule has 1 rings (SSSR count). The second-order valence-electron chi connectivity index (χ2n) is 6.26. The number of rotatable bonds is 12. The predicted molar refractivity (Wildman–Crippen MR) is 131 cm³/mol. The number of nitrogens with zero attached hydrogens (tertiary/aromatic N) is 2. The molecule has 0 saturated carbocycles. The average Bonchev–Trinajstić information content (AvgIpc) is 2.64. The molecule has 0 aliphatic heterocycles. The Bertz CT molecular complexity index is 683. The summed E-state index contributed by atoms with van der Waals surface area (Å²) < 4.78 is 25.3. The molecule has 7 nitrogen and oxygen atoms in total. The number of hydrogen-bond donors (Lipinski definition) is 3. The van der Waals surface area contributed by atoms with Gasteiger partial charge in [0.1, 0.15) is 0 Å². The first-order chi connectivity index (χ1) is 12.9. The summed E-state index contributed by atoms with van der Waals surface area (Å²) in [6.07, 6.45) is 0.667. The van der Waals surface area contributed by atoms with Crippen LogP contribution in [-0.4, -0.2) is 59.4 Å². The first kappa shape index (κ1) is 26.9. The zero-order chi connectivity index (χ0) is 20.1. The summed E-state index contributed by atoms with van der Waals surface area (Å²) in [6.45, 7) is 12.3. The number of benzene rings is 1. The van der Waals surface area contributed by atoms with E-state index in [0.717, 1.165) is 32.1 Å². The van der Waals surface area contributed by atoms with Crippen LogP contribution in [0.1, 0.15) is 32.8 Å². The van der Waals surface area contributed by atoms with Crippen molar-refractivity contribution in [1.82, 2.24) is 15.4 Å². The second kappa shape index (κ2) is 14.9. The molecule has 0 fully saturated rings. The van der Waals surface area contributed by atoms with Gasteiger partial charge >= 0.3 is 0 Å². The third kappa shape index (κ3) is 11.1. The largest absolute Gasteiger partial charge is 0.370 e. The maximum atomic E-state index is 11.4. The molecule has 1 aromatic carbocycles. The van der Waals surface area contributed by atoms with E-state index in [1.165, 1.54) is 11.3 Å². The van der Waals surface area contributed by atoms with Gasteiger partial charge in [0.15, 0.2) is 5.96 Å². The van der Waals surface area contributed by atoms with Crippen LogP contribution in [0.5, 0.6) is 0 Å². The van der Waals surface area contributed by atoms with Gasteiger partial charge in [-0.3, -0.25) is 4.99 Å². The van der Waals surface area contributed by atoms with Crippen molar-refractivity contribution in [2.75, 3.05) is 49.9 Å². The van der Waals surface area contributed by atoms with E-state index in [2.05, 4.69) is 63.4 Å². The van der Waals surface area contributed by atoms with Gasteiger partial charge in [-0.05, 0) is 51.8 Å². The predicted octanol–water partition coefficient (Wildman–Crippen LogP) is 2.32. The maximum Gasteiger partial charge on any atom is 0.211 e. The smallest absolute Gasteiger partial charge is 0.211 e. The summed E-state index contributed by atoms with van der Waals surface area (Å²) in [5, 5.41) is 6.57. The average molecular weight is 526 g/mol. The quantitative estimate of drug-likeness (QED) is 0.169. The van der Waals surface area contributed by atoms with Crippen LogP contribution in [0.4, 0.5) is 5.69 Å². The molecule has 0 saturated heterocycles. The minimum absolute atomic E-state index is 0. The second-order valence-corrected chi connectivity index (χ2v) is 8.35. The molecule has 0 heterocycles. The lowest BCUT2D eigenvalue weighted by Gasteiger charge is -2.24. The topological polar surface area (TPSA) is 85.8 Å². The van der Waals surface area contributed by atoms with Crippen molar-refractivity contribution in [1.29, 1.82) is 0 Å². The SMILES string of the molecule is CCNC(=NCCCNS(=O)(=O)CC)NCCN(CC)c1cccc(C)c1.I. The zero-order valence-electron chi connectivity index (χ0n) is 17.5. The minimum atomic E-state index is -3.12. The van der Waals surface area contributed by atoms with Gasteiger partial charge < -0.3 is 15.5 Å². The van der Waals surface area contributed by atoms with E-state index >= 15 is 0 Å². The minimum Gasteiger partial charge on any atom is -0.370 e. The molecule has 28 heavy (non-hydrogen) atoms. The standard InChI is InChI=1S/C19H35N5O2S.HI/c1-5-20-19(21-12-9-13-23-27(25,26)7-3)22-14-15-24(6-2)18-11-8-10-17(4)16-18;/h8,10-11,16,23H,5-7,9,12-15H2,1-4H3,(H2,20,21,22);1H.